The van der Waals surface area contributed by atoms with Crippen molar-refractivity contribution in [1.82, 2.24) is 4.72 Å². The molecule has 0 atom stereocenters. The van der Waals surface area contributed by atoms with Crippen molar-refractivity contribution in [3.8, 4) is 0 Å². The highest BCUT2D eigenvalue weighted by Crippen LogP contribution is 2.17. The fourth-order valence-electron chi connectivity index (χ4n) is 3.35. The SMILES string of the molecule is CCCCCCCCCCCCCC(=O)Nc1ccc(S(=O)(=O)NC(C)(C)C)cc1. The lowest BCUT2D eigenvalue weighted by Crippen LogP contribution is -2.40. The van der Waals surface area contributed by atoms with Crippen LogP contribution < -0.4 is 10.0 Å². The van der Waals surface area contributed by atoms with E-state index in [4.69, 9.17) is 0 Å². The molecule has 5 nitrogen and oxygen atoms in total. The molecule has 0 saturated carbocycles. The number of unbranched alkanes of at least 4 members (excludes halogenated alkanes) is 10. The number of benzene rings is 1. The first-order valence-corrected chi connectivity index (χ1v) is 13.1. The third-order valence-electron chi connectivity index (χ3n) is 4.90. The fourth-order valence-corrected chi connectivity index (χ4v) is 4.77. The van der Waals surface area contributed by atoms with Crippen molar-refractivity contribution in [3.63, 3.8) is 0 Å². The molecule has 0 heterocycles. The van der Waals surface area contributed by atoms with Gasteiger partial charge in [-0.15, -0.1) is 0 Å². The molecule has 1 aromatic carbocycles. The van der Waals surface area contributed by atoms with E-state index in [1.807, 2.05) is 0 Å². The zero-order chi connectivity index (χ0) is 22.5. The molecule has 6 heteroatoms. The van der Waals surface area contributed by atoms with Gasteiger partial charge < -0.3 is 5.32 Å². The predicted octanol–water partition coefficient (Wildman–Crippen LogP) is 6.40. The van der Waals surface area contributed by atoms with Crippen molar-refractivity contribution in [1.29, 1.82) is 0 Å². The second kappa shape index (κ2) is 13.8. The molecule has 0 aliphatic rings. The normalized spacial score (nSPS) is 12.1. The summed E-state index contributed by atoms with van der Waals surface area (Å²) in [7, 11) is -3.56. The van der Waals surface area contributed by atoms with Gasteiger partial charge in [0.1, 0.15) is 0 Å². The van der Waals surface area contributed by atoms with Gasteiger partial charge in [-0.1, -0.05) is 71.1 Å². The van der Waals surface area contributed by atoms with E-state index in [-0.39, 0.29) is 10.8 Å². The maximum atomic E-state index is 12.3. The summed E-state index contributed by atoms with van der Waals surface area (Å²) in [6.45, 7) is 7.64. The molecular formula is C24H42N2O3S. The highest BCUT2D eigenvalue weighted by molar-refractivity contribution is 7.89. The molecule has 0 spiro atoms. The smallest absolute Gasteiger partial charge is 0.241 e. The van der Waals surface area contributed by atoms with Crippen LogP contribution >= 0.6 is 0 Å². The molecule has 0 aromatic heterocycles. The van der Waals surface area contributed by atoms with E-state index >= 15 is 0 Å². The minimum absolute atomic E-state index is 0.0191. The van der Waals surface area contributed by atoms with Gasteiger partial charge in [0.05, 0.1) is 4.90 Å². The number of anilines is 1. The lowest BCUT2D eigenvalue weighted by molar-refractivity contribution is -0.116. The third-order valence-corrected chi connectivity index (χ3v) is 6.67. The van der Waals surface area contributed by atoms with Crippen molar-refractivity contribution < 1.29 is 13.2 Å². The van der Waals surface area contributed by atoms with Gasteiger partial charge in [-0.2, -0.15) is 0 Å². The topological polar surface area (TPSA) is 75.3 Å². The largest absolute Gasteiger partial charge is 0.326 e. The second-order valence-electron chi connectivity index (χ2n) is 9.21. The van der Waals surface area contributed by atoms with Gasteiger partial charge in [0.25, 0.3) is 0 Å². The minimum Gasteiger partial charge on any atom is -0.326 e. The molecule has 1 rings (SSSR count). The van der Waals surface area contributed by atoms with Crippen molar-refractivity contribution in [2.24, 2.45) is 0 Å². The molecule has 0 fully saturated rings. The Bertz CT molecular complexity index is 707. The Morgan fingerprint density at radius 2 is 1.27 bits per heavy atom. The zero-order valence-corrected chi connectivity index (χ0v) is 20.2. The molecule has 0 saturated heterocycles. The number of sulfonamides is 1. The van der Waals surface area contributed by atoms with Crippen molar-refractivity contribution in [2.45, 2.75) is 115 Å². The predicted molar refractivity (Wildman–Crippen MR) is 126 cm³/mol. The van der Waals surface area contributed by atoms with Gasteiger partial charge in [0.15, 0.2) is 0 Å². The van der Waals surface area contributed by atoms with Crippen molar-refractivity contribution in [3.05, 3.63) is 24.3 Å². The van der Waals surface area contributed by atoms with Crippen LogP contribution in [0.1, 0.15) is 105 Å². The van der Waals surface area contributed by atoms with E-state index < -0.39 is 15.6 Å². The molecule has 30 heavy (non-hydrogen) atoms. The lowest BCUT2D eigenvalue weighted by Gasteiger charge is -2.20. The number of nitrogens with one attached hydrogen (secondary N) is 2. The Morgan fingerprint density at radius 3 is 1.73 bits per heavy atom. The average Bonchev–Trinajstić information content (AvgIpc) is 2.64. The van der Waals surface area contributed by atoms with Crippen LogP contribution in [-0.4, -0.2) is 19.9 Å². The zero-order valence-electron chi connectivity index (χ0n) is 19.4. The minimum atomic E-state index is -3.56. The first-order valence-electron chi connectivity index (χ1n) is 11.6. The van der Waals surface area contributed by atoms with Gasteiger partial charge in [-0.05, 0) is 51.5 Å². The Balaban J connectivity index is 2.20. The van der Waals surface area contributed by atoms with Gasteiger partial charge >= 0.3 is 0 Å². The van der Waals surface area contributed by atoms with Gasteiger partial charge in [-0.3, -0.25) is 4.79 Å². The van der Waals surface area contributed by atoms with E-state index in [2.05, 4.69) is 17.0 Å². The number of carbonyl (C=O) groups is 1. The van der Waals surface area contributed by atoms with Crippen LogP contribution in [0.2, 0.25) is 0 Å². The standard InChI is InChI=1S/C24H42N2O3S/c1-5-6-7-8-9-10-11-12-13-14-15-16-23(27)25-21-17-19-22(20-18-21)30(28,29)26-24(2,3)4/h17-20,26H,5-16H2,1-4H3,(H,25,27). The van der Waals surface area contributed by atoms with E-state index in [1.165, 1.54) is 69.9 Å². The average molecular weight is 439 g/mol. The van der Waals surface area contributed by atoms with Gasteiger partial charge in [-0.25, -0.2) is 13.1 Å². The molecule has 2 N–H and O–H groups in total. The molecule has 0 aliphatic carbocycles. The summed E-state index contributed by atoms with van der Waals surface area (Å²) in [6.07, 6.45) is 14.3. The molecule has 1 aromatic rings. The summed E-state index contributed by atoms with van der Waals surface area (Å²) in [5.41, 5.74) is 0.0816. The van der Waals surface area contributed by atoms with Gasteiger partial charge in [0.2, 0.25) is 15.9 Å². The lowest BCUT2D eigenvalue weighted by atomic mass is 10.1. The maximum Gasteiger partial charge on any atom is 0.241 e. The number of hydrogen-bond acceptors (Lipinski definition) is 3. The van der Waals surface area contributed by atoms with E-state index in [0.29, 0.717) is 12.1 Å². The van der Waals surface area contributed by atoms with Crippen LogP contribution in [0.5, 0.6) is 0 Å². The first kappa shape index (κ1) is 26.6. The summed E-state index contributed by atoms with van der Waals surface area (Å²) in [4.78, 5) is 12.3. The van der Waals surface area contributed by atoms with Crippen LogP contribution in [0.4, 0.5) is 5.69 Å². The van der Waals surface area contributed by atoms with Crippen LogP contribution in [0.3, 0.4) is 0 Å². The number of amides is 1. The van der Waals surface area contributed by atoms with Gasteiger partial charge in [0, 0.05) is 17.6 Å². The van der Waals surface area contributed by atoms with Crippen LogP contribution in [0, 0.1) is 0 Å². The Kier molecular flexibility index (Phi) is 12.3. The Labute approximate surface area is 184 Å². The summed E-state index contributed by atoms with van der Waals surface area (Å²) < 4.78 is 27.2. The van der Waals surface area contributed by atoms with Crippen molar-refractivity contribution in [2.75, 3.05) is 5.32 Å². The highest BCUT2D eigenvalue weighted by Gasteiger charge is 2.21. The molecule has 0 unspecified atom stereocenters. The fraction of sp³-hybridized carbons (Fsp3) is 0.708. The number of rotatable bonds is 15. The quantitative estimate of drug-likeness (QED) is 0.311. The Hall–Kier alpha value is -1.40. The third kappa shape index (κ3) is 12.3. The van der Waals surface area contributed by atoms with E-state index in [9.17, 15) is 13.2 Å². The molecule has 1 amide bonds. The van der Waals surface area contributed by atoms with Crippen molar-refractivity contribution >= 4 is 21.6 Å². The molecule has 172 valence electrons. The number of carbonyl (C=O) groups excluding carboxylic acids is 1. The maximum absolute atomic E-state index is 12.3. The summed E-state index contributed by atoms with van der Waals surface area (Å²) in [5, 5.41) is 2.85. The summed E-state index contributed by atoms with van der Waals surface area (Å²) >= 11 is 0. The summed E-state index contributed by atoms with van der Waals surface area (Å²) in [5.74, 6) is -0.0191. The molecular weight excluding hydrogens is 396 g/mol. The van der Waals surface area contributed by atoms with Crippen LogP contribution in [-0.2, 0) is 14.8 Å². The first-order chi connectivity index (χ1) is 14.1. The van der Waals surface area contributed by atoms with Crippen LogP contribution in [0.25, 0.3) is 0 Å². The second-order valence-corrected chi connectivity index (χ2v) is 10.9. The summed E-state index contributed by atoms with van der Waals surface area (Å²) in [6, 6.07) is 6.31. The molecule has 0 aliphatic heterocycles. The Morgan fingerprint density at radius 1 is 0.800 bits per heavy atom. The number of hydrogen-bond donors (Lipinski definition) is 2. The molecule has 0 radical (unpaired) electrons. The highest BCUT2D eigenvalue weighted by atomic mass is 32.2. The molecule has 0 bridgehead atoms. The van der Waals surface area contributed by atoms with E-state index in [1.54, 1.807) is 32.9 Å². The monoisotopic (exact) mass is 438 g/mol. The van der Waals surface area contributed by atoms with E-state index in [0.717, 1.165) is 12.8 Å². The van der Waals surface area contributed by atoms with Crippen LogP contribution in [0.15, 0.2) is 29.2 Å².